The van der Waals surface area contributed by atoms with Crippen molar-refractivity contribution in [2.45, 2.75) is 0 Å². The molecule has 6 aromatic rings. The Hall–Kier alpha value is -5.24. The minimum atomic E-state index is -0.362. The Morgan fingerprint density at radius 2 is 1.22 bits per heavy atom. The number of hydrogen-bond acceptors (Lipinski definition) is 4. The third-order valence-corrected chi connectivity index (χ3v) is 6.19. The van der Waals surface area contributed by atoms with Crippen molar-refractivity contribution in [3.63, 3.8) is 0 Å². The Balaban J connectivity index is 0.000000152. The summed E-state index contributed by atoms with van der Waals surface area (Å²) in [5.41, 5.74) is 5.86. The first-order valence-corrected chi connectivity index (χ1v) is 11.5. The average Bonchev–Trinajstić information content (AvgIpc) is 3.55. The number of H-pyrrole nitrogens is 1. The minimum absolute atomic E-state index is 0.112. The van der Waals surface area contributed by atoms with Gasteiger partial charge in [0.1, 0.15) is 0 Å². The number of nitrogens with zero attached hydrogens (tertiary/aromatic N) is 3. The number of nitrogens with one attached hydrogen (secondary N) is 1. The minimum Gasteiger partial charge on any atom is -0.361 e. The van der Waals surface area contributed by atoms with Gasteiger partial charge in [0, 0.05) is 65.6 Å². The van der Waals surface area contributed by atoms with Crippen molar-refractivity contribution in [2.24, 2.45) is 7.05 Å². The van der Waals surface area contributed by atoms with E-state index in [-0.39, 0.29) is 21.2 Å². The monoisotopic (exact) mass is 490 g/mol. The van der Waals surface area contributed by atoms with E-state index in [4.69, 9.17) is 0 Å². The summed E-state index contributed by atoms with van der Waals surface area (Å²) in [7, 11) is 1.95. The first-order valence-electron chi connectivity index (χ1n) is 11.5. The molecule has 37 heavy (non-hydrogen) atoms. The van der Waals surface area contributed by atoms with Gasteiger partial charge in [-0.1, -0.05) is 60.7 Å². The van der Waals surface area contributed by atoms with Crippen molar-refractivity contribution < 1.29 is 9.85 Å². The van der Waals surface area contributed by atoms with Crippen LogP contribution in [0.5, 0.6) is 0 Å². The number of hydrogen-bond donors (Lipinski definition) is 1. The number of non-ortho nitro benzene ring substituents is 2. The largest absolute Gasteiger partial charge is 0.361 e. The van der Waals surface area contributed by atoms with Crippen LogP contribution in [0, 0.1) is 20.2 Å². The Bertz CT molecular complexity index is 1740. The molecule has 6 rings (SSSR count). The van der Waals surface area contributed by atoms with E-state index in [2.05, 4.69) is 4.98 Å². The second kappa shape index (κ2) is 9.79. The van der Waals surface area contributed by atoms with E-state index in [1.54, 1.807) is 30.5 Å². The lowest BCUT2D eigenvalue weighted by Gasteiger charge is -2.06. The molecule has 0 fully saturated rings. The van der Waals surface area contributed by atoms with E-state index < -0.39 is 0 Å². The molecule has 0 spiro atoms. The summed E-state index contributed by atoms with van der Waals surface area (Å²) in [4.78, 5) is 24.4. The fraction of sp³-hybridized carbons (Fsp3) is 0.0345. The molecule has 0 saturated heterocycles. The first-order chi connectivity index (χ1) is 17.9. The summed E-state index contributed by atoms with van der Waals surface area (Å²) < 4.78 is 1.99. The fourth-order valence-electron chi connectivity index (χ4n) is 4.48. The summed E-state index contributed by atoms with van der Waals surface area (Å²) in [6.45, 7) is 0. The Labute approximate surface area is 211 Å². The Morgan fingerprint density at radius 3 is 1.81 bits per heavy atom. The van der Waals surface area contributed by atoms with E-state index in [1.807, 2.05) is 90.6 Å². The summed E-state index contributed by atoms with van der Waals surface area (Å²) in [6, 6.07) is 29.6. The van der Waals surface area contributed by atoms with Gasteiger partial charge in [-0.05, 0) is 23.3 Å². The van der Waals surface area contributed by atoms with Gasteiger partial charge < -0.3 is 9.55 Å². The number of fused-ring (bicyclic) bond motifs is 2. The van der Waals surface area contributed by atoms with Crippen LogP contribution >= 0.6 is 0 Å². The molecule has 8 nitrogen and oxygen atoms in total. The molecule has 8 heteroatoms. The molecular formula is C29H22N4O4. The van der Waals surface area contributed by atoms with Crippen molar-refractivity contribution in [1.82, 2.24) is 9.55 Å². The maximum Gasteiger partial charge on any atom is 0.270 e. The van der Waals surface area contributed by atoms with Crippen LogP contribution in [0.2, 0.25) is 0 Å². The third-order valence-electron chi connectivity index (χ3n) is 6.19. The first kappa shape index (κ1) is 23.5. The maximum absolute atomic E-state index is 11.0. The zero-order valence-corrected chi connectivity index (χ0v) is 19.9. The number of aromatic amines is 1. The van der Waals surface area contributed by atoms with Gasteiger partial charge in [-0.2, -0.15) is 0 Å². The molecule has 0 saturated carbocycles. The predicted octanol–water partition coefficient (Wildman–Crippen LogP) is 7.50. The molecule has 0 atom stereocenters. The third kappa shape index (κ3) is 4.68. The lowest BCUT2D eigenvalue weighted by molar-refractivity contribution is -0.384. The van der Waals surface area contributed by atoms with E-state index in [0.29, 0.717) is 0 Å². The molecule has 0 unspecified atom stereocenters. The molecule has 2 aromatic heterocycles. The predicted molar refractivity (Wildman–Crippen MR) is 145 cm³/mol. The van der Waals surface area contributed by atoms with Gasteiger partial charge in [-0.25, -0.2) is 0 Å². The Kier molecular flexibility index (Phi) is 6.22. The smallest absolute Gasteiger partial charge is 0.270 e. The van der Waals surface area contributed by atoms with Crippen LogP contribution in [0.4, 0.5) is 11.4 Å². The molecule has 0 bridgehead atoms. The lowest BCUT2D eigenvalue weighted by Crippen LogP contribution is -1.92. The van der Waals surface area contributed by atoms with E-state index >= 15 is 0 Å². The number of benzene rings is 4. The number of nitro benzene ring substituents is 2. The molecule has 1 N–H and O–H groups in total. The van der Waals surface area contributed by atoms with Crippen LogP contribution in [0.3, 0.4) is 0 Å². The van der Waals surface area contributed by atoms with Crippen LogP contribution in [0.15, 0.2) is 109 Å². The number of aryl methyl sites for hydroxylation is 1. The molecule has 0 amide bonds. The van der Waals surface area contributed by atoms with Gasteiger partial charge in [0.15, 0.2) is 0 Å². The van der Waals surface area contributed by atoms with Crippen LogP contribution in [-0.4, -0.2) is 19.4 Å². The van der Waals surface area contributed by atoms with E-state index in [1.165, 1.54) is 0 Å². The summed E-state index contributed by atoms with van der Waals surface area (Å²) in [5, 5.41) is 23.7. The zero-order chi connectivity index (χ0) is 25.9. The highest BCUT2D eigenvalue weighted by Crippen LogP contribution is 2.34. The maximum atomic E-state index is 11.0. The summed E-state index contributed by atoms with van der Waals surface area (Å²) in [6.07, 6.45) is 3.71. The molecule has 0 aliphatic heterocycles. The van der Waals surface area contributed by atoms with Crippen molar-refractivity contribution in [2.75, 3.05) is 0 Å². The van der Waals surface area contributed by atoms with Gasteiger partial charge >= 0.3 is 0 Å². The summed E-state index contributed by atoms with van der Waals surface area (Å²) >= 11 is 0. The van der Waals surface area contributed by atoms with Crippen molar-refractivity contribution >= 4 is 33.2 Å². The van der Waals surface area contributed by atoms with Gasteiger partial charge in [0.25, 0.3) is 11.4 Å². The van der Waals surface area contributed by atoms with Crippen LogP contribution in [0.1, 0.15) is 0 Å². The SMILES string of the molecule is Cn1ccc2cc([N+](=O)[O-])cc(-c3ccccc3)c21.O=[N+]([O-])c1cc(-c2ccccc2)c2[nH]ccc2c1. The second-order valence-electron chi connectivity index (χ2n) is 8.54. The average molecular weight is 491 g/mol. The van der Waals surface area contributed by atoms with E-state index in [9.17, 15) is 20.2 Å². The summed E-state index contributed by atoms with van der Waals surface area (Å²) in [5.74, 6) is 0. The second-order valence-corrected chi connectivity index (χ2v) is 8.54. The zero-order valence-electron chi connectivity index (χ0n) is 19.9. The van der Waals surface area contributed by atoms with Gasteiger partial charge in [-0.3, -0.25) is 20.2 Å². The molecule has 0 aliphatic carbocycles. The molecule has 0 radical (unpaired) electrons. The number of aromatic nitrogens is 2. The number of nitro groups is 2. The van der Waals surface area contributed by atoms with Crippen LogP contribution in [-0.2, 0) is 7.05 Å². The normalized spacial score (nSPS) is 10.7. The quantitative estimate of drug-likeness (QED) is 0.204. The van der Waals surface area contributed by atoms with Crippen molar-refractivity contribution in [3.8, 4) is 22.3 Å². The van der Waals surface area contributed by atoms with E-state index in [0.717, 1.165) is 44.1 Å². The lowest BCUT2D eigenvalue weighted by atomic mass is 10.0. The fourth-order valence-corrected chi connectivity index (χ4v) is 4.48. The highest BCUT2D eigenvalue weighted by Gasteiger charge is 2.15. The Morgan fingerprint density at radius 1 is 0.676 bits per heavy atom. The van der Waals surface area contributed by atoms with Crippen LogP contribution in [0.25, 0.3) is 44.1 Å². The molecule has 182 valence electrons. The molecular weight excluding hydrogens is 468 g/mol. The van der Waals surface area contributed by atoms with Gasteiger partial charge in [0.2, 0.25) is 0 Å². The van der Waals surface area contributed by atoms with Crippen molar-refractivity contribution in [3.05, 3.63) is 130 Å². The topological polar surface area (TPSA) is 107 Å². The molecule has 2 heterocycles. The number of rotatable bonds is 4. The molecule has 0 aliphatic rings. The van der Waals surface area contributed by atoms with Crippen LogP contribution < -0.4 is 0 Å². The highest BCUT2D eigenvalue weighted by molar-refractivity contribution is 5.97. The molecule has 4 aromatic carbocycles. The van der Waals surface area contributed by atoms with Crippen molar-refractivity contribution in [1.29, 1.82) is 0 Å². The highest BCUT2D eigenvalue weighted by atomic mass is 16.6. The van der Waals surface area contributed by atoms with Gasteiger partial charge in [-0.15, -0.1) is 0 Å². The van der Waals surface area contributed by atoms with Gasteiger partial charge in [0.05, 0.1) is 20.9 Å². The standard InChI is InChI=1S/C15H12N2O2.C14H10N2O2/c1-16-8-7-12-9-13(17(18)19)10-14(15(12)16)11-5-3-2-4-6-11;17-16(18)12-8-11-6-7-15-14(11)13(9-12)10-4-2-1-3-5-10/h2-10H,1H3;1-9,15H.